The molecule has 1 fully saturated rings. The number of carboxylic acid groups (broad SMARTS) is 1. The summed E-state index contributed by atoms with van der Waals surface area (Å²) in [5.41, 5.74) is 1.13. The van der Waals surface area contributed by atoms with Crippen LogP contribution >= 0.6 is 15.9 Å². The van der Waals surface area contributed by atoms with E-state index in [9.17, 15) is 18.3 Å². The monoisotopic (exact) mass is 471 g/mol. The minimum Gasteiger partial charge on any atom is -0.480 e. The van der Waals surface area contributed by atoms with Crippen LogP contribution in [0, 0.1) is 0 Å². The second-order valence-electron chi connectivity index (χ2n) is 7.08. The fourth-order valence-electron chi connectivity index (χ4n) is 3.51. The van der Waals surface area contributed by atoms with Gasteiger partial charge in [0.15, 0.2) is 0 Å². The third-order valence-corrected chi connectivity index (χ3v) is 7.26. The van der Waals surface area contributed by atoms with Gasteiger partial charge in [0.1, 0.15) is 5.54 Å². The quantitative estimate of drug-likeness (QED) is 0.557. The first-order chi connectivity index (χ1) is 13.8. The summed E-state index contributed by atoms with van der Waals surface area (Å²) in [5, 5.41) is 9.73. The molecule has 0 bridgehead atoms. The van der Waals surface area contributed by atoms with Crippen LogP contribution in [0.2, 0.25) is 0 Å². The molecule has 0 radical (unpaired) electrons. The largest absolute Gasteiger partial charge is 0.480 e. The van der Waals surface area contributed by atoms with Crippen molar-refractivity contribution in [1.29, 1.82) is 0 Å². The maximum atomic E-state index is 12.9. The van der Waals surface area contributed by atoms with Gasteiger partial charge in [-0.15, -0.1) is 0 Å². The van der Waals surface area contributed by atoms with Crippen LogP contribution < -0.4 is 4.72 Å². The van der Waals surface area contributed by atoms with Gasteiger partial charge in [-0.25, -0.2) is 8.42 Å². The van der Waals surface area contributed by atoms with Crippen LogP contribution in [0.1, 0.15) is 17.9 Å². The third kappa shape index (κ3) is 3.85. The number of halogens is 1. The van der Waals surface area contributed by atoms with E-state index < -0.39 is 27.4 Å². The summed E-state index contributed by atoms with van der Waals surface area (Å²) < 4.78 is 29.2. The van der Waals surface area contributed by atoms with Crippen LogP contribution in [0.5, 0.6) is 0 Å². The van der Waals surface area contributed by atoms with Crippen LogP contribution in [-0.4, -0.2) is 25.0 Å². The van der Waals surface area contributed by atoms with E-state index in [1.54, 1.807) is 12.1 Å². The number of hydrogen-bond donors (Lipinski definition) is 2. The smallest absolute Gasteiger partial charge is 0.325 e. The van der Waals surface area contributed by atoms with Crippen molar-refractivity contribution in [1.82, 2.24) is 4.72 Å². The number of aliphatic carboxylic acids is 1. The van der Waals surface area contributed by atoms with Gasteiger partial charge >= 0.3 is 5.97 Å². The number of rotatable bonds is 6. The Kier molecular flexibility index (Phi) is 5.06. The second-order valence-corrected chi connectivity index (χ2v) is 9.68. The van der Waals surface area contributed by atoms with Crippen molar-refractivity contribution in [2.45, 2.75) is 22.8 Å². The maximum absolute atomic E-state index is 12.9. The fourth-order valence-corrected chi connectivity index (χ4v) is 5.18. The molecular weight excluding hydrogens is 454 g/mol. The Bertz CT molecular complexity index is 1150. The average Bonchev–Trinajstić information content (AvgIpc) is 3.44. The predicted molar refractivity (Wildman–Crippen MR) is 114 cm³/mol. The van der Waals surface area contributed by atoms with E-state index in [1.807, 2.05) is 54.6 Å². The van der Waals surface area contributed by atoms with Crippen LogP contribution in [0.4, 0.5) is 0 Å². The second kappa shape index (κ2) is 7.40. The van der Waals surface area contributed by atoms with Gasteiger partial charge in [-0.1, -0.05) is 70.5 Å². The van der Waals surface area contributed by atoms with Crippen molar-refractivity contribution in [2.75, 3.05) is 0 Å². The van der Waals surface area contributed by atoms with E-state index >= 15 is 0 Å². The van der Waals surface area contributed by atoms with E-state index in [0.29, 0.717) is 0 Å². The zero-order valence-corrected chi connectivity index (χ0v) is 17.7. The lowest BCUT2D eigenvalue weighted by atomic mass is 10.1. The van der Waals surface area contributed by atoms with E-state index in [1.165, 1.54) is 12.1 Å². The molecule has 7 heteroatoms. The first-order valence-corrected chi connectivity index (χ1v) is 11.3. The molecule has 1 saturated carbocycles. The highest BCUT2D eigenvalue weighted by atomic mass is 79.9. The summed E-state index contributed by atoms with van der Waals surface area (Å²) in [4.78, 5) is 12.0. The van der Waals surface area contributed by atoms with E-state index in [2.05, 4.69) is 20.7 Å². The van der Waals surface area contributed by atoms with Gasteiger partial charge in [0.05, 0.1) is 4.90 Å². The fraction of sp³-hybridized carbons (Fsp3) is 0.136. The molecular formula is C22H18BrNO4S. The normalized spacial score (nSPS) is 20.9. The molecule has 0 spiro atoms. The highest BCUT2D eigenvalue weighted by molar-refractivity contribution is 9.10. The highest BCUT2D eigenvalue weighted by Gasteiger charge is 2.63. The first kappa shape index (κ1) is 19.8. The zero-order valence-electron chi connectivity index (χ0n) is 15.2. The maximum Gasteiger partial charge on any atom is 0.325 e. The Morgan fingerprint density at radius 3 is 2.03 bits per heavy atom. The Morgan fingerprint density at radius 1 is 0.931 bits per heavy atom. The molecule has 0 aromatic heterocycles. The lowest BCUT2D eigenvalue weighted by Gasteiger charge is -2.16. The summed E-state index contributed by atoms with van der Waals surface area (Å²) in [7, 11) is -3.99. The van der Waals surface area contributed by atoms with Gasteiger partial charge in [-0.3, -0.25) is 4.79 Å². The van der Waals surface area contributed by atoms with Crippen molar-refractivity contribution in [3.8, 4) is 11.1 Å². The number of carboxylic acids is 1. The minimum absolute atomic E-state index is 0.0395. The molecule has 0 amide bonds. The molecule has 29 heavy (non-hydrogen) atoms. The molecule has 1 aliphatic carbocycles. The first-order valence-electron chi connectivity index (χ1n) is 9.00. The van der Waals surface area contributed by atoms with E-state index in [4.69, 9.17) is 0 Å². The summed E-state index contributed by atoms with van der Waals surface area (Å²) in [6.45, 7) is 0. The van der Waals surface area contributed by atoms with Crippen LogP contribution in [0.25, 0.3) is 11.1 Å². The Hall–Kier alpha value is -2.48. The van der Waals surface area contributed by atoms with Crippen molar-refractivity contribution in [3.63, 3.8) is 0 Å². The summed E-state index contributed by atoms with van der Waals surface area (Å²) in [6, 6.07) is 23.2. The predicted octanol–water partition coefficient (Wildman–Crippen LogP) is 4.41. The number of carbonyl (C=O) groups is 1. The van der Waals surface area contributed by atoms with Crippen molar-refractivity contribution < 1.29 is 18.3 Å². The third-order valence-electron chi connectivity index (χ3n) is 5.20. The summed E-state index contributed by atoms with van der Waals surface area (Å²) >= 11 is 3.39. The molecule has 0 saturated heterocycles. The molecule has 2 N–H and O–H groups in total. The molecule has 1 aliphatic rings. The van der Waals surface area contributed by atoms with Crippen LogP contribution in [0.15, 0.2) is 88.2 Å². The molecule has 2 atom stereocenters. The topological polar surface area (TPSA) is 83.5 Å². The van der Waals surface area contributed by atoms with Crippen molar-refractivity contribution in [3.05, 3.63) is 88.9 Å². The van der Waals surface area contributed by atoms with E-state index in [-0.39, 0.29) is 11.3 Å². The van der Waals surface area contributed by atoms with Gasteiger partial charge in [0.25, 0.3) is 0 Å². The van der Waals surface area contributed by atoms with Gasteiger partial charge in [-0.2, -0.15) is 4.72 Å². The van der Waals surface area contributed by atoms with Gasteiger partial charge < -0.3 is 5.11 Å². The standard InChI is InChI=1S/C22H18BrNO4S/c23-18-10-6-15(7-11-18)16-8-12-19(13-9-16)29(27,28)24-22(21(25)26)14-20(22)17-4-2-1-3-5-17/h1-13,20,24H,14H2,(H,25,26)/t20-,22?/m0/s1. The number of benzene rings is 3. The van der Waals surface area contributed by atoms with Crippen LogP contribution in [0.3, 0.4) is 0 Å². The number of nitrogens with one attached hydrogen (secondary N) is 1. The molecule has 3 aromatic carbocycles. The average molecular weight is 472 g/mol. The van der Waals surface area contributed by atoms with Crippen molar-refractivity contribution >= 4 is 31.9 Å². The number of sulfonamides is 1. The Balaban J connectivity index is 1.58. The molecule has 5 nitrogen and oxygen atoms in total. The summed E-state index contributed by atoms with van der Waals surface area (Å²) in [6.07, 6.45) is 0.225. The zero-order chi connectivity index (χ0) is 20.6. The van der Waals surface area contributed by atoms with Gasteiger partial charge in [-0.05, 0) is 47.4 Å². The summed E-state index contributed by atoms with van der Waals surface area (Å²) in [5.74, 6) is -1.56. The highest BCUT2D eigenvalue weighted by Crippen LogP contribution is 2.52. The minimum atomic E-state index is -3.99. The Morgan fingerprint density at radius 2 is 1.48 bits per heavy atom. The van der Waals surface area contributed by atoms with Gasteiger partial charge in [0, 0.05) is 10.4 Å². The Labute approximate surface area is 177 Å². The number of hydrogen-bond acceptors (Lipinski definition) is 3. The molecule has 3 aromatic rings. The molecule has 0 aliphatic heterocycles. The lowest BCUT2D eigenvalue weighted by Crippen LogP contribution is -2.44. The molecule has 0 heterocycles. The molecule has 148 valence electrons. The van der Waals surface area contributed by atoms with Crippen LogP contribution in [-0.2, 0) is 14.8 Å². The van der Waals surface area contributed by atoms with Gasteiger partial charge in [0.2, 0.25) is 10.0 Å². The molecule has 1 unspecified atom stereocenters. The SMILES string of the molecule is O=C(O)C1(NS(=O)(=O)c2ccc(-c3ccc(Br)cc3)cc2)C[C@H]1c1ccccc1. The van der Waals surface area contributed by atoms with Crippen molar-refractivity contribution in [2.24, 2.45) is 0 Å². The van der Waals surface area contributed by atoms with E-state index in [0.717, 1.165) is 21.2 Å². The molecule has 4 rings (SSSR count). The lowest BCUT2D eigenvalue weighted by molar-refractivity contribution is -0.140.